The van der Waals surface area contributed by atoms with Gasteiger partial charge in [-0.2, -0.15) is 0 Å². The van der Waals surface area contributed by atoms with E-state index in [0.29, 0.717) is 11.3 Å². The molecule has 0 bridgehead atoms. The fourth-order valence-electron chi connectivity index (χ4n) is 4.53. The van der Waals surface area contributed by atoms with Crippen molar-refractivity contribution in [3.8, 4) is 16.9 Å². The predicted octanol–water partition coefficient (Wildman–Crippen LogP) is 6.18. The van der Waals surface area contributed by atoms with Gasteiger partial charge < -0.3 is 4.57 Å². The Morgan fingerprint density at radius 3 is 2.38 bits per heavy atom. The Labute approximate surface area is 199 Å². The van der Waals surface area contributed by atoms with Crippen LogP contribution in [-0.4, -0.2) is 21.2 Å². The maximum absolute atomic E-state index is 13.7. The van der Waals surface area contributed by atoms with Crippen LogP contribution in [0.15, 0.2) is 115 Å². The Kier molecular flexibility index (Phi) is 4.63. The van der Waals surface area contributed by atoms with Crippen molar-refractivity contribution in [1.82, 2.24) is 14.5 Å². The number of hydrogen-bond acceptors (Lipinski definition) is 3. The molecule has 0 aliphatic carbocycles. The highest BCUT2D eigenvalue weighted by atomic mass is 31.2. The fourth-order valence-corrected chi connectivity index (χ4v) is 6.21. The molecule has 34 heavy (non-hydrogen) atoms. The molecule has 0 fully saturated rings. The molecule has 1 unspecified atom stereocenters. The molecule has 0 aliphatic heterocycles. The van der Waals surface area contributed by atoms with E-state index in [1.807, 2.05) is 66.7 Å². The SMILES string of the molecule is [2H]c1cccc(-n2c3ccccc3c3ccc(-c4cccc(P(C)(=O)c5ccccn5)c4)cc32)n1. The van der Waals surface area contributed by atoms with E-state index in [1.54, 1.807) is 18.9 Å². The summed E-state index contributed by atoms with van der Waals surface area (Å²) in [6.45, 7) is 1.77. The second-order valence-electron chi connectivity index (χ2n) is 8.37. The number of benzene rings is 3. The van der Waals surface area contributed by atoms with Crippen LogP contribution in [0.3, 0.4) is 0 Å². The van der Waals surface area contributed by atoms with E-state index >= 15 is 0 Å². The summed E-state index contributed by atoms with van der Waals surface area (Å²) in [6.07, 6.45) is 1.91. The van der Waals surface area contributed by atoms with Crippen molar-refractivity contribution in [2.24, 2.45) is 0 Å². The van der Waals surface area contributed by atoms with Crippen LogP contribution < -0.4 is 10.7 Å². The van der Waals surface area contributed by atoms with Crippen LogP contribution in [0.4, 0.5) is 0 Å². The topological polar surface area (TPSA) is 47.8 Å². The lowest BCUT2D eigenvalue weighted by Gasteiger charge is -2.14. The van der Waals surface area contributed by atoms with E-state index in [1.165, 1.54) is 0 Å². The summed E-state index contributed by atoms with van der Waals surface area (Å²) >= 11 is 0. The van der Waals surface area contributed by atoms with Gasteiger partial charge in [0.2, 0.25) is 0 Å². The minimum atomic E-state index is -2.83. The van der Waals surface area contributed by atoms with Gasteiger partial charge in [0.25, 0.3) is 0 Å². The molecule has 4 nitrogen and oxygen atoms in total. The molecule has 1 atom stereocenters. The minimum Gasteiger partial charge on any atom is -0.312 e. The number of nitrogens with zero attached hydrogens (tertiary/aromatic N) is 3. The van der Waals surface area contributed by atoms with E-state index in [4.69, 9.17) is 1.37 Å². The molecule has 0 radical (unpaired) electrons. The van der Waals surface area contributed by atoms with Gasteiger partial charge in [-0.15, -0.1) is 0 Å². The van der Waals surface area contributed by atoms with Crippen molar-refractivity contribution >= 4 is 39.7 Å². The second-order valence-corrected chi connectivity index (χ2v) is 11.2. The number of pyridine rings is 2. The molecule has 3 aromatic heterocycles. The first-order chi connectivity index (χ1) is 17.0. The average molecular weight is 460 g/mol. The third kappa shape index (κ3) is 3.35. The van der Waals surface area contributed by atoms with Crippen LogP contribution >= 0.6 is 7.14 Å². The molecule has 164 valence electrons. The third-order valence-corrected chi connectivity index (χ3v) is 8.66. The normalized spacial score (nSPS) is 13.6. The Balaban J connectivity index is 1.55. The van der Waals surface area contributed by atoms with Gasteiger partial charge in [-0.05, 0) is 60.3 Å². The summed E-state index contributed by atoms with van der Waals surface area (Å²) in [5, 5.41) is 3.03. The van der Waals surface area contributed by atoms with Gasteiger partial charge in [0.05, 0.1) is 12.4 Å². The molecule has 0 amide bonds. The van der Waals surface area contributed by atoms with Gasteiger partial charge in [-0.25, -0.2) is 4.98 Å². The van der Waals surface area contributed by atoms with Crippen molar-refractivity contribution in [3.63, 3.8) is 0 Å². The largest absolute Gasteiger partial charge is 0.312 e. The summed E-state index contributed by atoms with van der Waals surface area (Å²) in [5.74, 6) is 0.711. The molecule has 6 rings (SSSR count). The molecule has 3 aromatic carbocycles. The molecule has 0 N–H and O–H groups in total. The highest BCUT2D eigenvalue weighted by Gasteiger charge is 2.23. The number of fused-ring (bicyclic) bond motifs is 3. The van der Waals surface area contributed by atoms with Crippen molar-refractivity contribution in [1.29, 1.82) is 0 Å². The molecule has 6 aromatic rings. The number of hydrogen-bond donors (Lipinski definition) is 0. The third-order valence-electron chi connectivity index (χ3n) is 6.26. The van der Waals surface area contributed by atoms with Crippen LogP contribution in [0.2, 0.25) is 0 Å². The molecule has 0 saturated heterocycles. The Bertz CT molecular complexity index is 1760. The van der Waals surface area contributed by atoms with Gasteiger partial charge in [0.15, 0.2) is 7.14 Å². The summed E-state index contributed by atoms with van der Waals surface area (Å²) in [4.78, 5) is 8.84. The number of aromatic nitrogens is 3. The zero-order valence-electron chi connectivity index (χ0n) is 19.6. The lowest BCUT2D eigenvalue weighted by molar-refractivity contribution is 0.590. The summed E-state index contributed by atoms with van der Waals surface area (Å²) < 4.78 is 23.8. The molecule has 5 heteroatoms. The van der Waals surface area contributed by atoms with Crippen molar-refractivity contribution < 1.29 is 5.94 Å². The molecular weight excluding hydrogens is 437 g/mol. The van der Waals surface area contributed by atoms with Gasteiger partial charge in [-0.3, -0.25) is 9.55 Å². The smallest absolute Gasteiger partial charge is 0.157 e. The average Bonchev–Trinajstić information content (AvgIpc) is 3.23. The number of rotatable bonds is 4. The lowest BCUT2D eigenvalue weighted by Crippen LogP contribution is -2.17. The van der Waals surface area contributed by atoms with Crippen molar-refractivity contribution in [2.75, 3.05) is 6.66 Å². The lowest BCUT2D eigenvalue weighted by atomic mass is 10.0. The summed E-state index contributed by atoms with van der Waals surface area (Å²) in [7, 11) is -2.83. The Morgan fingerprint density at radius 2 is 1.53 bits per heavy atom. The molecule has 3 heterocycles. The Hall–Kier alpha value is -4.01. The second kappa shape index (κ2) is 8.09. The first-order valence-electron chi connectivity index (χ1n) is 11.6. The highest BCUT2D eigenvalue weighted by Crippen LogP contribution is 2.39. The molecular formula is C29H22N3OP. The monoisotopic (exact) mass is 460 g/mol. The van der Waals surface area contributed by atoms with E-state index in [0.717, 1.165) is 38.2 Å². The van der Waals surface area contributed by atoms with Gasteiger partial charge in [0.1, 0.15) is 11.3 Å². The van der Waals surface area contributed by atoms with E-state index in [2.05, 4.69) is 44.9 Å². The minimum absolute atomic E-state index is 0.227. The molecule has 0 spiro atoms. The highest BCUT2D eigenvalue weighted by molar-refractivity contribution is 7.77. The van der Waals surface area contributed by atoms with Gasteiger partial charge in [-0.1, -0.05) is 60.7 Å². The maximum atomic E-state index is 13.7. The first kappa shape index (κ1) is 19.5. The van der Waals surface area contributed by atoms with Crippen LogP contribution in [0.5, 0.6) is 0 Å². The van der Waals surface area contributed by atoms with Gasteiger partial charge in [0, 0.05) is 28.4 Å². The van der Waals surface area contributed by atoms with E-state index in [-0.39, 0.29) is 6.17 Å². The predicted molar refractivity (Wildman–Crippen MR) is 141 cm³/mol. The standard InChI is InChI=1S/C29H22N3OP/c1-34(33,29-14-5-7-18-31-29)23-10-8-9-21(19-23)22-15-16-25-24-11-2-3-12-26(24)32(27(25)20-22)28-13-4-6-17-30-28/h2-20H,1H3/i17D. The zero-order chi connectivity index (χ0) is 24.0. The fraction of sp³-hybridized carbons (Fsp3) is 0.0345. The van der Waals surface area contributed by atoms with Crippen LogP contribution in [0.25, 0.3) is 38.8 Å². The van der Waals surface area contributed by atoms with Gasteiger partial charge >= 0.3 is 0 Å². The summed E-state index contributed by atoms with van der Waals surface area (Å²) in [5.41, 5.74) is 4.67. The quantitative estimate of drug-likeness (QED) is 0.295. The first-order valence-corrected chi connectivity index (χ1v) is 13.3. The van der Waals surface area contributed by atoms with Crippen LogP contribution in [0, 0.1) is 0 Å². The Morgan fingerprint density at radius 1 is 0.735 bits per heavy atom. The number of para-hydroxylation sites is 1. The summed E-state index contributed by atoms with van der Waals surface area (Å²) in [6, 6.07) is 33.5. The van der Waals surface area contributed by atoms with Crippen LogP contribution in [-0.2, 0) is 4.57 Å². The molecule has 0 aliphatic rings. The zero-order valence-corrected chi connectivity index (χ0v) is 19.5. The van der Waals surface area contributed by atoms with E-state index < -0.39 is 7.14 Å². The van der Waals surface area contributed by atoms with E-state index in [9.17, 15) is 4.57 Å². The van der Waals surface area contributed by atoms with Crippen molar-refractivity contribution in [2.45, 2.75) is 0 Å². The molecule has 0 saturated carbocycles. The maximum Gasteiger partial charge on any atom is 0.157 e. The van der Waals surface area contributed by atoms with Crippen molar-refractivity contribution in [3.05, 3.63) is 115 Å². The van der Waals surface area contributed by atoms with Crippen LogP contribution in [0.1, 0.15) is 1.37 Å².